The molecular weight excluding hydrogens is 300 g/mol. The zero-order valence-electron chi connectivity index (χ0n) is 12.7. The molecule has 0 spiro atoms. The summed E-state index contributed by atoms with van der Waals surface area (Å²) >= 11 is 0. The van der Waals surface area contributed by atoms with Crippen LogP contribution in [0.2, 0.25) is 0 Å². The number of para-hydroxylation sites is 1. The molecule has 4 heteroatoms. The molecule has 4 rings (SSSR count). The fourth-order valence-electron chi connectivity index (χ4n) is 2.90. The van der Waals surface area contributed by atoms with Gasteiger partial charge in [-0.05, 0) is 23.3 Å². The van der Waals surface area contributed by atoms with Crippen LogP contribution in [0.4, 0.5) is 0 Å². The molecule has 0 fully saturated rings. The first-order chi connectivity index (χ1) is 11.8. The third kappa shape index (κ3) is 2.25. The number of nitrogens with zero attached hydrogens (tertiary/aromatic N) is 2. The number of hydrogen-bond donors (Lipinski definition) is 2. The third-order valence-electron chi connectivity index (χ3n) is 4.06. The molecule has 0 saturated heterocycles. The zero-order valence-corrected chi connectivity index (χ0v) is 12.7. The third-order valence-corrected chi connectivity index (χ3v) is 4.06. The van der Waals surface area contributed by atoms with Gasteiger partial charge in [0, 0.05) is 16.7 Å². The second kappa shape index (κ2) is 5.66. The van der Waals surface area contributed by atoms with E-state index in [-0.39, 0.29) is 11.5 Å². The normalized spacial score (nSPS) is 12.2. The van der Waals surface area contributed by atoms with E-state index in [0.717, 1.165) is 28.0 Å². The summed E-state index contributed by atoms with van der Waals surface area (Å²) in [5, 5.41) is 27.8. The quantitative estimate of drug-likeness (QED) is 0.334. The van der Waals surface area contributed by atoms with E-state index in [4.69, 9.17) is 0 Å². The van der Waals surface area contributed by atoms with Gasteiger partial charge in [0.2, 0.25) is 0 Å². The number of fused-ring (bicyclic) bond motifs is 3. The number of benzene rings is 3. The van der Waals surface area contributed by atoms with Crippen molar-refractivity contribution in [2.24, 2.45) is 10.2 Å². The number of rotatable bonds is 2. The molecule has 0 atom stereocenters. The van der Waals surface area contributed by atoms with E-state index in [0.29, 0.717) is 5.56 Å². The highest BCUT2D eigenvalue weighted by atomic mass is 16.3. The molecule has 1 aliphatic carbocycles. The minimum Gasteiger partial charge on any atom is -0.504 e. The summed E-state index contributed by atoms with van der Waals surface area (Å²) in [6.45, 7) is 0. The van der Waals surface area contributed by atoms with Gasteiger partial charge in [0.15, 0.2) is 11.5 Å². The predicted octanol–water partition coefficient (Wildman–Crippen LogP) is 3.95. The molecule has 0 aliphatic heterocycles. The van der Waals surface area contributed by atoms with Gasteiger partial charge >= 0.3 is 0 Å². The fourth-order valence-corrected chi connectivity index (χ4v) is 2.90. The first-order valence-corrected chi connectivity index (χ1v) is 7.57. The maximum absolute atomic E-state index is 9.82. The summed E-state index contributed by atoms with van der Waals surface area (Å²) in [4.78, 5) is 0. The standard InChI is InChI=1S/C20H14N2O2/c23-18-11-5-6-13(20(18)24)12-21-22-19-16-9-3-1-7-14(16)15-8-2-4-10-17(15)19/h1-12,23-24H/b21-12+. The van der Waals surface area contributed by atoms with Crippen LogP contribution in [0.25, 0.3) is 11.1 Å². The van der Waals surface area contributed by atoms with E-state index in [1.54, 1.807) is 12.1 Å². The molecule has 0 amide bonds. The molecule has 0 radical (unpaired) electrons. The Kier molecular flexibility index (Phi) is 3.35. The maximum atomic E-state index is 9.82. The molecule has 3 aromatic rings. The second-order valence-electron chi connectivity index (χ2n) is 5.50. The first kappa shape index (κ1) is 14.2. The van der Waals surface area contributed by atoms with Crippen molar-refractivity contribution in [3.05, 3.63) is 83.4 Å². The SMILES string of the molecule is Oc1cccc(/C=N/N=C2c3ccccc3-c3ccccc32)c1O. The lowest BCUT2D eigenvalue weighted by Crippen LogP contribution is -1.97. The molecule has 0 unspecified atom stereocenters. The average molecular weight is 314 g/mol. The predicted molar refractivity (Wildman–Crippen MR) is 94.9 cm³/mol. The maximum Gasteiger partial charge on any atom is 0.166 e. The Morgan fingerprint density at radius 2 is 1.25 bits per heavy atom. The smallest absolute Gasteiger partial charge is 0.166 e. The van der Waals surface area contributed by atoms with Crippen LogP contribution in [0.5, 0.6) is 11.5 Å². The topological polar surface area (TPSA) is 65.2 Å². The van der Waals surface area contributed by atoms with Crippen LogP contribution in [0.1, 0.15) is 16.7 Å². The zero-order chi connectivity index (χ0) is 16.5. The summed E-state index contributed by atoms with van der Waals surface area (Å²) in [6.07, 6.45) is 1.44. The van der Waals surface area contributed by atoms with Crippen molar-refractivity contribution in [1.29, 1.82) is 0 Å². The minimum absolute atomic E-state index is 0.178. The Bertz CT molecular complexity index is 943. The molecule has 0 aromatic heterocycles. The van der Waals surface area contributed by atoms with Crippen molar-refractivity contribution >= 4 is 11.9 Å². The summed E-state index contributed by atoms with van der Waals surface area (Å²) < 4.78 is 0. The Morgan fingerprint density at radius 1 is 0.667 bits per heavy atom. The summed E-state index contributed by atoms with van der Waals surface area (Å²) in [6, 6.07) is 20.9. The van der Waals surface area contributed by atoms with Gasteiger partial charge in [-0.1, -0.05) is 54.6 Å². The van der Waals surface area contributed by atoms with Gasteiger partial charge in [0.1, 0.15) is 5.71 Å². The van der Waals surface area contributed by atoms with Gasteiger partial charge in [0.05, 0.1) is 6.21 Å². The minimum atomic E-state index is -0.200. The molecule has 1 aliphatic rings. The lowest BCUT2D eigenvalue weighted by molar-refractivity contribution is 0.403. The van der Waals surface area contributed by atoms with Crippen LogP contribution in [0.3, 0.4) is 0 Å². The highest BCUT2D eigenvalue weighted by molar-refractivity contribution is 6.24. The summed E-state index contributed by atoms with van der Waals surface area (Å²) in [5.74, 6) is -0.378. The van der Waals surface area contributed by atoms with E-state index in [9.17, 15) is 10.2 Å². The second-order valence-corrected chi connectivity index (χ2v) is 5.50. The molecule has 0 saturated carbocycles. The van der Waals surface area contributed by atoms with Gasteiger partial charge < -0.3 is 10.2 Å². The van der Waals surface area contributed by atoms with Crippen molar-refractivity contribution in [2.45, 2.75) is 0 Å². The van der Waals surface area contributed by atoms with Crippen molar-refractivity contribution in [1.82, 2.24) is 0 Å². The molecule has 2 N–H and O–H groups in total. The van der Waals surface area contributed by atoms with E-state index in [1.165, 1.54) is 12.3 Å². The monoisotopic (exact) mass is 314 g/mol. The van der Waals surface area contributed by atoms with Gasteiger partial charge in [-0.15, -0.1) is 5.10 Å². The van der Waals surface area contributed by atoms with Gasteiger partial charge in [-0.2, -0.15) is 5.10 Å². The summed E-state index contributed by atoms with van der Waals surface area (Å²) in [7, 11) is 0. The van der Waals surface area contributed by atoms with Crippen LogP contribution in [0, 0.1) is 0 Å². The number of phenols is 2. The van der Waals surface area contributed by atoms with E-state index >= 15 is 0 Å². The lowest BCUT2D eigenvalue weighted by atomic mass is 10.1. The number of aromatic hydroxyl groups is 2. The molecule has 24 heavy (non-hydrogen) atoms. The molecule has 0 bridgehead atoms. The van der Waals surface area contributed by atoms with Crippen LogP contribution in [0.15, 0.2) is 76.9 Å². The van der Waals surface area contributed by atoms with Gasteiger partial charge in [-0.3, -0.25) is 0 Å². The van der Waals surface area contributed by atoms with Crippen LogP contribution in [-0.4, -0.2) is 22.1 Å². The molecule has 3 aromatic carbocycles. The molecule has 4 nitrogen and oxygen atoms in total. The Balaban J connectivity index is 1.78. The Labute approximate surface area is 139 Å². The Morgan fingerprint density at radius 3 is 1.88 bits per heavy atom. The van der Waals surface area contributed by atoms with Crippen molar-refractivity contribution in [3.63, 3.8) is 0 Å². The number of hydrogen-bond acceptors (Lipinski definition) is 4. The van der Waals surface area contributed by atoms with Crippen molar-refractivity contribution in [2.75, 3.05) is 0 Å². The van der Waals surface area contributed by atoms with E-state index < -0.39 is 0 Å². The van der Waals surface area contributed by atoms with E-state index in [2.05, 4.69) is 22.3 Å². The fraction of sp³-hybridized carbons (Fsp3) is 0. The van der Waals surface area contributed by atoms with Crippen LogP contribution < -0.4 is 0 Å². The van der Waals surface area contributed by atoms with Crippen molar-refractivity contribution in [3.8, 4) is 22.6 Å². The number of phenolic OH excluding ortho intramolecular Hbond substituents is 2. The molecular formula is C20H14N2O2. The first-order valence-electron chi connectivity index (χ1n) is 7.57. The van der Waals surface area contributed by atoms with Gasteiger partial charge in [0.25, 0.3) is 0 Å². The Hall–Kier alpha value is -3.40. The molecule has 116 valence electrons. The highest BCUT2D eigenvalue weighted by Crippen LogP contribution is 2.36. The molecule has 0 heterocycles. The average Bonchev–Trinajstić information content (AvgIpc) is 2.93. The summed E-state index contributed by atoms with van der Waals surface area (Å²) in [5.41, 5.74) is 5.58. The van der Waals surface area contributed by atoms with Crippen LogP contribution >= 0.6 is 0 Å². The lowest BCUT2D eigenvalue weighted by Gasteiger charge is -2.00. The van der Waals surface area contributed by atoms with Crippen LogP contribution in [-0.2, 0) is 0 Å². The largest absolute Gasteiger partial charge is 0.504 e. The van der Waals surface area contributed by atoms with Crippen molar-refractivity contribution < 1.29 is 10.2 Å². The van der Waals surface area contributed by atoms with Gasteiger partial charge in [-0.25, -0.2) is 0 Å². The van der Waals surface area contributed by atoms with E-state index in [1.807, 2.05) is 36.4 Å². The highest BCUT2D eigenvalue weighted by Gasteiger charge is 2.23.